The van der Waals surface area contributed by atoms with E-state index < -0.39 is 0 Å². The molecule has 76 valence electrons. The van der Waals surface area contributed by atoms with E-state index in [9.17, 15) is 0 Å². The average Bonchev–Trinajstić information content (AvgIpc) is 2.03. The lowest BCUT2D eigenvalue weighted by atomic mass is 9.81. The first kappa shape index (κ1) is 12.5. The Morgan fingerprint density at radius 2 is 2.00 bits per heavy atom. The Balaban J connectivity index is 3.48. The van der Waals surface area contributed by atoms with Crippen LogP contribution in [-0.2, 0) is 0 Å². The Morgan fingerprint density at radius 1 is 1.38 bits per heavy atom. The highest BCUT2D eigenvalue weighted by Gasteiger charge is 2.21. The van der Waals surface area contributed by atoms with Crippen molar-refractivity contribution in [2.24, 2.45) is 11.3 Å². The van der Waals surface area contributed by atoms with Crippen LogP contribution in [0.5, 0.6) is 0 Å². The molecule has 1 N–H and O–H groups in total. The second kappa shape index (κ2) is 6.05. The van der Waals surface area contributed by atoms with Crippen LogP contribution in [0.1, 0.15) is 40.5 Å². The molecule has 0 radical (unpaired) electrons. The van der Waals surface area contributed by atoms with Gasteiger partial charge < -0.3 is 5.32 Å². The smallest absolute Gasteiger partial charge is 0.00981 e. The average molecular weight is 181 g/mol. The van der Waals surface area contributed by atoms with Gasteiger partial charge in [0.15, 0.2) is 0 Å². The molecule has 0 saturated carbocycles. The Kier molecular flexibility index (Phi) is 5.82. The predicted octanol–water partition coefficient (Wildman–Crippen LogP) is 2.67. The van der Waals surface area contributed by atoms with E-state index in [2.05, 4.69) is 38.9 Å². The molecule has 0 heterocycles. The van der Waals surface area contributed by atoms with Crippen molar-refractivity contribution >= 4 is 0 Å². The summed E-state index contributed by atoms with van der Waals surface area (Å²) in [6.07, 6.45) is 7.14. The maximum absolute atomic E-state index is 5.17. The molecule has 0 aromatic carbocycles. The molecule has 0 fully saturated rings. The highest BCUT2D eigenvalue weighted by atomic mass is 14.9. The quantitative estimate of drug-likeness (QED) is 0.491. The lowest BCUT2D eigenvalue weighted by Gasteiger charge is -2.29. The van der Waals surface area contributed by atoms with E-state index in [-0.39, 0.29) is 0 Å². The van der Waals surface area contributed by atoms with E-state index >= 15 is 0 Å². The van der Waals surface area contributed by atoms with Gasteiger partial charge in [0.05, 0.1) is 0 Å². The van der Waals surface area contributed by atoms with Crippen LogP contribution in [0, 0.1) is 23.7 Å². The van der Waals surface area contributed by atoms with Gasteiger partial charge >= 0.3 is 0 Å². The van der Waals surface area contributed by atoms with Crippen molar-refractivity contribution in [1.29, 1.82) is 0 Å². The largest absolute Gasteiger partial charge is 0.316 e. The number of unbranched alkanes of at least 4 members (excludes halogenated alkanes) is 1. The fraction of sp³-hybridized carbons (Fsp3) is 0.833. The van der Waals surface area contributed by atoms with Gasteiger partial charge in [-0.05, 0) is 24.3 Å². The fourth-order valence-corrected chi connectivity index (χ4v) is 0.930. The molecule has 0 aromatic rings. The zero-order chi connectivity index (χ0) is 10.3. The molecule has 1 heteroatoms. The number of hydrogen-bond donors (Lipinski definition) is 1. The third-order valence-corrected chi connectivity index (χ3v) is 2.82. The predicted molar refractivity (Wildman–Crippen MR) is 59.6 cm³/mol. The van der Waals surface area contributed by atoms with E-state index in [1.165, 1.54) is 0 Å². The topological polar surface area (TPSA) is 12.0 Å². The van der Waals surface area contributed by atoms with Gasteiger partial charge in [0.25, 0.3) is 0 Å². The third-order valence-electron chi connectivity index (χ3n) is 2.82. The Morgan fingerprint density at radius 3 is 2.46 bits per heavy atom. The summed E-state index contributed by atoms with van der Waals surface area (Å²) in [6, 6.07) is 0. The minimum atomic E-state index is 0.385. The maximum Gasteiger partial charge on any atom is 0.00981 e. The first-order valence-corrected chi connectivity index (χ1v) is 5.15. The molecule has 1 nitrogen and oxygen atoms in total. The van der Waals surface area contributed by atoms with Crippen LogP contribution in [-0.4, -0.2) is 13.1 Å². The molecule has 0 atom stereocenters. The zero-order valence-corrected chi connectivity index (χ0v) is 9.48. The molecule has 0 aliphatic carbocycles. The van der Waals surface area contributed by atoms with Gasteiger partial charge in [0, 0.05) is 13.0 Å². The van der Waals surface area contributed by atoms with Crippen molar-refractivity contribution in [3.05, 3.63) is 0 Å². The van der Waals surface area contributed by atoms with Crippen LogP contribution in [0.4, 0.5) is 0 Å². The molecule has 0 amide bonds. The lowest BCUT2D eigenvalue weighted by Crippen LogP contribution is -2.33. The zero-order valence-electron chi connectivity index (χ0n) is 9.48. The van der Waals surface area contributed by atoms with Crippen molar-refractivity contribution < 1.29 is 0 Å². The van der Waals surface area contributed by atoms with Crippen LogP contribution in [0.3, 0.4) is 0 Å². The molecular weight excluding hydrogens is 158 g/mol. The molecule has 0 bridgehead atoms. The van der Waals surface area contributed by atoms with Crippen LogP contribution < -0.4 is 5.32 Å². The molecule has 0 rings (SSSR count). The highest BCUT2D eigenvalue weighted by Crippen LogP contribution is 2.24. The van der Waals surface area contributed by atoms with Gasteiger partial charge in [-0.3, -0.25) is 0 Å². The summed E-state index contributed by atoms with van der Waals surface area (Å²) in [7, 11) is 0. The second-order valence-electron chi connectivity index (χ2n) is 4.63. The van der Waals surface area contributed by atoms with E-state index in [1.54, 1.807) is 0 Å². The lowest BCUT2D eigenvalue weighted by molar-refractivity contribution is 0.238. The second-order valence-corrected chi connectivity index (χ2v) is 4.63. The van der Waals surface area contributed by atoms with Crippen molar-refractivity contribution in [3.63, 3.8) is 0 Å². The van der Waals surface area contributed by atoms with Crippen LogP contribution in [0.25, 0.3) is 0 Å². The standard InChI is InChI=1S/C12H23N/c1-6-7-8-9-13-10-12(4,5)11(2)3/h1,11,13H,7-10H2,2-5H3. The summed E-state index contributed by atoms with van der Waals surface area (Å²) in [5.41, 5.74) is 0.385. The van der Waals surface area contributed by atoms with Crippen LogP contribution >= 0.6 is 0 Å². The molecule has 13 heavy (non-hydrogen) atoms. The van der Waals surface area contributed by atoms with E-state index in [1.807, 2.05) is 0 Å². The van der Waals surface area contributed by atoms with E-state index in [4.69, 9.17) is 6.42 Å². The SMILES string of the molecule is C#CCCCNCC(C)(C)C(C)C. The van der Waals surface area contributed by atoms with E-state index in [0.29, 0.717) is 11.3 Å². The summed E-state index contributed by atoms with van der Waals surface area (Å²) in [5.74, 6) is 3.36. The normalized spacial score (nSPS) is 11.7. The van der Waals surface area contributed by atoms with Gasteiger partial charge in [-0.15, -0.1) is 12.3 Å². The van der Waals surface area contributed by atoms with Crippen molar-refractivity contribution in [2.45, 2.75) is 40.5 Å². The summed E-state index contributed by atoms with van der Waals surface area (Å²) in [6.45, 7) is 11.2. The number of nitrogens with one attached hydrogen (secondary N) is 1. The molecule has 0 spiro atoms. The molecular formula is C12H23N. The third kappa shape index (κ3) is 5.71. The number of hydrogen-bond acceptors (Lipinski definition) is 1. The van der Waals surface area contributed by atoms with Crippen LogP contribution in [0.2, 0.25) is 0 Å². The van der Waals surface area contributed by atoms with E-state index in [0.717, 1.165) is 25.9 Å². The van der Waals surface area contributed by atoms with Gasteiger partial charge in [-0.2, -0.15) is 0 Å². The fourth-order valence-electron chi connectivity index (χ4n) is 0.930. The Hall–Kier alpha value is -0.480. The first-order chi connectivity index (χ1) is 6.00. The van der Waals surface area contributed by atoms with Gasteiger partial charge in [-0.1, -0.05) is 27.7 Å². The summed E-state index contributed by atoms with van der Waals surface area (Å²) < 4.78 is 0. The molecule has 0 aliphatic heterocycles. The minimum absolute atomic E-state index is 0.385. The Labute approximate surface area is 83.3 Å². The number of rotatable bonds is 6. The van der Waals surface area contributed by atoms with Crippen LogP contribution in [0.15, 0.2) is 0 Å². The van der Waals surface area contributed by atoms with Crippen molar-refractivity contribution in [3.8, 4) is 12.3 Å². The maximum atomic E-state index is 5.17. The van der Waals surface area contributed by atoms with Gasteiger partial charge in [-0.25, -0.2) is 0 Å². The molecule has 0 unspecified atom stereocenters. The molecule has 0 aliphatic rings. The summed E-state index contributed by atoms with van der Waals surface area (Å²) in [5, 5.41) is 3.45. The molecule has 0 saturated heterocycles. The monoisotopic (exact) mass is 181 g/mol. The van der Waals surface area contributed by atoms with Crippen molar-refractivity contribution in [1.82, 2.24) is 5.32 Å². The van der Waals surface area contributed by atoms with Gasteiger partial charge in [0.2, 0.25) is 0 Å². The van der Waals surface area contributed by atoms with Gasteiger partial charge in [0.1, 0.15) is 0 Å². The number of terminal acetylenes is 1. The summed E-state index contributed by atoms with van der Waals surface area (Å²) in [4.78, 5) is 0. The first-order valence-electron chi connectivity index (χ1n) is 5.15. The minimum Gasteiger partial charge on any atom is -0.316 e. The highest BCUT2D eigenvalue weighted by molar-refractivity contribution is 4.83. The summed E-state index contributed by atoms with van der Waals surface area (Å²) >= 11 is 0. The van der Waals surface area contributed by atoms with Crippen molar-refractivity contribution in [2.75, 3.05) is 13.1 Å². The Bertz CT molecular complexity index is 162. The molecule has 0 aromatic heterocycles.